The fourth-order valence-corrected chi connectivity index (χ4v) is 3.37. The van der Waals surface area contributed by atoms with E-state index in [-0.39, 0.29) is 29.2 Å². The Morgan fingerprint density at radius 2 is 1.87 bits per heavy atom. The molecule has 122 valence electrons. The van der Waals surface area contributed by atoms with Crippen LogP contribution in [0.2, 0.25) is 0 Å². The Bertz CT molecular complexity index is 816. The average molecular weight is 355 g/mol. The van der Waals surface area contributed by atoms with Crippen molar-refractivity contribution in [1.82, 2.24) is 0 Å². The van der Waals surface area contributed by atoms with Gasteiger partial charge in [-0.1, -0.05) is 30.3 Å². The van der Waals surface area contributed by atoms with Crippen LogP contribution in [0.25, 0.3) is 0 Å². The van der Waals surface area contributed by atoms with E-state index in [2.05, 4.69) is 0 Å². The highest BCUT2D eigenvalue weighted by molar-refractivity contribution is 8.13. The summed E-state index contributed by atoms with van der Waals surface area (Å²) in [6.45, 7) is 2.00. The molecule has 1 N–H and O–H groups in total. The van der Waals surface area contributed by atoms with Gasteiger partial charge in [0.2, 0.25) is 0 Å². The van der Waals surface area contributed by atoms with Gasteiger partial charge in [0.05, 0.1) is 17.1 Å². The Morgan fingerprint density at radius 3 is 2.39 bits per heavy atom. The summed E-state index contributed by atoms with van der Waals surface area (Å²) in [4.78, 5) is 11.0. The van der Waals surface area contributed by atoms with Crippen molar-refractivity contribution in [3.63, 3.8) is 0 Å². The molecule has 23 heavy (non-hydrogen) atoms. The summed E-state index contributed by atoms with van der Waals surface area (Å²) in [6, 6.07) is 11.6. The van der Waals surface area contributed by atoms with Gasteiger partial charge in [-0.15, -0.1) is 0 Å². The molecule has 0 spiro atoms. The van der Waals surface area contributed by atoms with Crippen molar-refractivity contribution in [3.05, 3.63) is 59.2 Å². The standard InChI is InChI=1S/C16H15ClO5S/c1-2-22-14-9-12(16(18)19)10-15(23(17,20)21)13(14)8-11-6-4-3-5-7-11/h3-7,9-10H,2,8H2,1H3,(H,18,19). The van der Waals surface area contributed by atoms with Crippen molar-refractivity contribution in [2.24, 2.45) is 0 Å². The summed E-state index contributed by atoms with van der Waals surface area (Å²) in [7, 11) is 1.38. The molecule has 0 atom stereocenters. The summed E-state index contributed by atoms with van der Waals surface area (Å²) >= 11 is 0. The molecular formula is C16H15ClO5S. The molecule has 0 aliphatic heterocycles. The maximum absolute atomic E-state index is 11.9. The summed E-state index contributed by atoms with van der Waals surface area (Å²) in [5.74, 6) is -1.05. The Balaban J connectivity index is 2.67. The Labute approximate surface area is 138 Å². The highest BCUT2D eigenvalue weighted by Crippen LogP contribution is 2.32. The third-order valence-electron chi connectivity index (χ3n) is 3.20. The van der Waals surface area contributed by atoms with E-state index < -0.39 is 15.0 Å². The maximum Gasteiger partial charge on any atom is 0.335 e. The molecule has 0 radical (unpaired) electrons. The quantitative estimate of drug-likeness (QED) is 0.805. The van der Waals surface area contributed by atoms with E-state index in [9.17, 15) is 13.2 Å². The minimum absolute atomic E-state index is 0.190. The lowest BCUT2D eigenvalue weighted by Gasteiger charge is -2.15. The molecule has 0 aliphatic carbocycles. The fraction of sp³-hybridized carbons (Fsp3) is 0.188. The maximum atomic E-state index is 11.9. The zero-order chi connectivity index (χ0) is 17.0. The molecule has 0 bridgehead atoms. The van der Waals surface area contributed by atoms with Gasteiger partial charge >= 0.3 is 5.97 Å². The van der Waals surface area contributed by atoms with Crippen molar-refractivity contribution in [1.29, 1.82) is 0 Å². The number of carbonyl (C=O) groups is 1. The predicted octanol–water partition coefficient (Wildman–Crippen LogP) is 3.30. The number of benzene rings is 2. The highest BCUT2D eigenvalue weighted by atomic mass is 35.7. The van der Waals surface area contributed by atoms with Gasteiger partial charge in [-0.3, -0.25) is 0 Å². The lowest BCUT2D eigenvalue weighted by atomic mass is 10.0. The van der Waals surface area contributed by atoms with Crippen LogP contribution in [0, 0.1) is 0 Å². The van der Waals surface area contributed by atoms with Gasteiger partial charge in [0, 0.05) is 22.7 Å². The molecular weight excluding hydrogens is 340 g/mol. The van der Waals surface area contributed by atoms with Crippen LogP contribution >= 0.6 is 10.7 Å². The third-order valence-corrected chi connectivity index (χ3v) is 4.59. The van der Waals surface area contributed by atoms with Crippen LogP contribution < -0.4 is 4.74 Å². The van der Waals surface area contributed by atoms with Crippen LogP contribution in [-0.4, -0.2) is 26.1 Å². The molecule has 2 aromatic carbocycles. The average Bonchev–Trinajstić information content (AvgIpc) is 2.48. The number of aromatic carboxylic acids is 1. The third kappa shape index (κ3) is 4.24. The lowest BCUT2D eigenvalue weighted by molar-refractivity contribution is 0.0696. The molecule has 0 fully saturated rings. The van der Waals surface area contributed by atoms with E-state index >= 15 is 0 Å². The van der Waals surface area contributed by atoms with Crippen LogP contribution in [0.5, 0.6) is 5.75 Å². The number of hydrogen-bond acceptors (Lipinski definition) is 4. The van der Waals surface area contributed by atoms with Gasteiger partial charge in [-0.2, -0.15) is 0 Å². The summed E-state index contributed by atoms with van der Waals surface area (Å²) in [6.07, 6.45) is 0.261. The number of hydrogen-bond donors (Lipinski definition) is 1. The zero-order valence-corrected chi connectivity index (χ0v) is 13.9. The zero-order valence-electron chi connectivity index (χ0n) is 12.3. The van der Waals surface area contributed by atoms with Crippen molar-refractivity contribution < 1.29 is 23.1 Å². The fourth-order valence-electron chi connectivity index (χ4n) is 2.22. The Kier molecular flexibility index (Phi) is 5.28. The van der Waals surface area contributed by atoms with Gasteiger partial charge in [-0.05, 0) is 24.6 Å². The molecule has 0 heterocycles. The first-order valence-corrected chi connectivity index (χ1v) is 9.15. The first-order chi connectivity index (χ1) is 10.8. The smallest absolute Gasteiger partial charge is 0.335 e. The topological polar surface area (TPSA) is 80.7 Å². The largest absolute Gasteiger partial charge is 0.494 e. The van der Waals surface area contributed by atoms with E-state index in [0.29, 0.717) is 5.56 Å². The molecule has 0 aliphatic rings. The minimum atomic E-state index is -4.12. The Hall–Kier alpha value is -2.05. The normalized spacial score (nSPS) is 11.2. The van der Waals surface area contributed by atoms with E-state index in [1.807, 2.05) is 30.3 Å². The van der Waals surface area contributed by atoms with Crippen LogP contribution in [0.1, 0.15) is 28.4 Å². The van der Waals surface area contributed by atoms with Crippen LogP contribution in [-0.2, 0) is 15.5 Å². The highest BCUT2D eigenvalue weighted by Gasteiger charge is 2.23. The molecule has 5 nitrogen and oxygen atoms in total. The second-order valence-electron chi connectivity index (χ2n) is 4.79. The molecule has 7 heteroatoms. The van der Waals surface area contributed by atoms with Crippen molar-refractivity contribution >= 4 is 25.7 Å². The first kappa shape index (κ1) is 17.3. The van der Waals surface area contributed by atoms with Crippen LogP contribution in [0.4, 0.5) is 0 Å². The SMILES string of the molecule is CCOc1cc(C(=O)O)cc(S(=O)(=O)Cl)c1Cc1ccccc1. The van der Waals surface area contributed by atoms with E-state index in [1.165, 1.54) is 6.07 Å². The second kappa shape index (κ2) is 7.02. The number of rotatable bonds is 6. The monoisotopic (exact) mass is 354 g/mol. The number of ether oxygens (including phenoxy) is 1. The van der Waals surface area contributed by atoms with Gasteiger partial charge < -0.3 is 9.84 Å². The molecule has 0 saturated carbocycles. The second-order valence-corrected chi connectivity index (χ2v) is 7.32. The lowest BCUT2D eigenvalue weighted by Crippen LogP contribution is -2.08. The predicted molar refractivity (Wildman–Crippen MR) is 86.9 cm³/mol. The molecule has 2 rings (SSSR count). The van der Waals surface area contributed by atoms with Gasteiger partial charge in [0.1, 0.15) is 5.75 Å². The Morgan fingerprint density at radius 1 is 1.22 bits per heavy atom. The first-order valence-electron chi connectivity index (χ1n) is 6.84. The molecule has 0 unspecified atom stereocenters. The molecule has 0 saturated heterocycles. The molecule has 0 amide bonds. The minimum Gasteiger partial charge on any atom is -0.494 e. The summed E-state index contributed by atoms with van der Waals surface area (Å²) < 4.78 is 29.2. The van der Waals surface area contributed by atoms with Crippen molar-refractivity contribution in [2.45, 2.75) is 18.2 Å². The van der Waals surface area contributed by atoms with E-state index in [4.69, 9.17) is 20.5 Å². The number of carboxylic acids is 1. The summed E-state index contributed by atoms with van der Waals surface area (Å²) in [5.41, 5.74) is 1.01. The number of carboxylic acid groups (broad SMARTS) is 1. The molecule has 0 aromatic heterocycles. The van der Waals surface area contributed by atoms with Crippen molar-refractivity contribution in [3.8, 4) is 5.75 Å². The van der Waals surface area contributed by atoms with Gasteiger partial charge in [0.25, 0.3) is 9.05 Å². The molecule has 2 aromatic rings. The van der Waals surface area contributed by atoms with Crippen LogP contribution in [0.3, 0.4) is 0 Å². The van der Waals surface area contributed by atoms with Crippen LogP contribution in [0.15, 0.2) is 47.4 Å². The van der Waals surface area contributed by atoms with E-state index in [1.54, 1.807) is 6.92 Å². The number of halogens is 1. The van der Waals surface area contributed by atoms with E-state index in [0.717, 1.165) is 11.6 Å². The van der Waals surface area contributed by atoms with Gasteiger partial charge in [0.15, 0.2) is 0 Å². The van der Waals surface area contributed by atoms with Crippen molar-refractivity contribution in [2.75, 3.05) is 6.61 Å². The van der Waals surface area contributed by atoms with Gasteiger partial charge in [-0.25, -0.2) is 13.2 Å². The summed E-state index contributed by atoms with van der Waals surface area (Å²) in [5, 5.41) is 9.15.